The van der Waals surface area contributed by atoms with E-state index < -0.39 is 18.6 Å². The maximum Gasteiger partial charge on any atom is 0.325 e. The van der Waals surface area contributed by atoms with Gasteiger partial charge in [0.25, 0.3) is 0 Å². The quantitative estimate of drug-likeness (QED) is 0.464. The molecule has 5 heteroatoms. The molecule has 1 saturated carbocycles. The maximum absolute atomic E-state index is 11.0. The van der Waals surface area contributed by atoms with Crippen LogP contribution in [0.1, 0.15) is 12.8 Å². The standard InChI is InChI=1S/C8H15NO4/c9-6(3-10)7(12)13-5-8(4-11)1-2-8/h6,10-11H,1-5,9H2/t6-/m1/s1. The molecule has 0 aliphatic heterocycles. The summed E-state index contributed by atoms with van der Waals surface area (Å²) in [7, 11) is 0. The van der Waals surface area contributed by atoms with Gasteiger partial charge in [-0.1, -0.05) is 0 Å². The molecule has 76 valence electrons. The molecule has 13 heavy (non-hydrogen) atoms. The van der Waals surface area contributed by atoms with Crippen LogP contribution in [-0.2, 0) is 9.53 Å². The number of esters is 1. The fourth-order valence-corrected chi connectivity index (χ4v) is 0.931. The molecule has 1 atom stereocenters. The van der Waals surface area contributed by atoms with Gasteiger partial charge in [-0.2, -0.15) is 0 Å². The minimum absolute atomic E-state index is 0.0364. The highest BCUT2D eigenvalue weighted by Gasteiger charge is 2.43. The van der Waals surface area contributed by atoms with Gasteiger partial charge in [0.1, 0.15) is 6.04 Å². The van der Waals surface area contributed by atoms with Gasteiger partial charge in [-0.25, -0.2) is 0 Å². The average Bonchev–Trinajstić information content (AvgIpc) is 2.93. The minimum Gasteiger partial charge on any atom is -0.464 e. The highest BCUT2D eigenvalue weighted by Crippen LogP contribution is 2.45. The number of hydrogen-bond donors (Lipinski definition) is 3. The Kier molecular flexibility index (Phi) is 3.24. The predicted octanol–water partition coefficient (Wildman–Crippen LogP) is -1.38. The van der Waals surface area contributed by atoms with Crippen LogP contribution in [0.25, 0.3) is 0 Å². The summed E-state index contributed by atoms with van der Waals surface area (Å²) in [4.78, 5) is 11.0. The van der Waals surface area contributed by atoms with Crippen molar-refractivity contribution in [3.63, 3.8) is 0 Å². The van der Waals surface area contributed by atoms with Gasteiger partial charge in [0.05, 0.1) is 19.8 Å². The molecule has 0 saturated heterocycles. The number of carbonyl (C=O) groups is 1. The molecule has 0 aromatic rings. The van der Waals surface area contributed by atoms with Gasteiger partial charge in [0.15, 0.2) is 0 Å². The number of hydrogen-bond acceptors (Lipinski definition) is 5. The third-order valence-corrected chi connectivity index (χ3v) is 2.31. The first-order chi connectivity index (χ1) is 6.13. The topological polar surface area (TPSA) is 92.8 Å². The van der Waals surface area contributed by atoms with Crippen molar-refractivity contribution in [2.45, 2.75) is 18.9 Å². The van der Waals surface area contributed by atoms with E-state index in [-0.39, 0.29) is 18.6 Å². The number of aliphatic hydroxyl groups is 2. The summed E-state index contributed by atoms with van der Waals surface area (Å²) in [5.41, 5.74) is 5.00. The summed E-state index contributed by atoms with van der Waals surface area (Å²) in [6.07, 6.45) is 1.76. The van der Waals surface area contributed by atoms with Gasteiger partial charge in [0, 0.05) is 5.41 Å². The van der Waals surface area contributed by atoms with Crippen LogP contribution in [0.4, 0.5) is 0 Å². The zero-order valence-corrected chi connectivity index (χ0v) is 7.40. The van der Waals surface area contributed by atoms with Crippen molar-refractivity contribution in [3.8, 4) is 0 Å². The van der Waals surface area contributed by atoms with Crippen LogP contribution in [0.5, 0.6) is 0 Å². The Morgan fingerprint density at radius 1 is 1.54 bits per heavy atom. The van der Waals surface area contributed by atoms with Crippen molar-refractivity contribution in [2.24, 2.45) is 11.1 Å². The van der Waals surface area contributed by atoms with Crippen molar-refractivity contribution < 1.29 is 19.7 Å². The first kappa shape index (κ1) is 10.4. The lowest BCUT2D eigenvalue weighted by Crippen LogP contribution is -2.36. The molecule has 1 fully saturated rings. The fourth-order valence-electron chi connectivity index (χ4n) is 0.931. The van der Waals surface area contributed by atoms with Crippen molar-refractivity contribution in [2.75, 3.05) is 19.8 Å². The second-order valence-electron chi connectivity index (χ2n) is 3.55. The normalized spacial score (nSPS) is 20.8. The number of ether oxygens (including phenoxy) is 1. The lowest BCUT2D eigenvalue weighted by atomic mass is 10.1. The molecule has 1 aliphatic carbocycles. The van der Waals surface area contributed by atoms with E-state index in [9.17, 15) is 4.79 Å². The van der Waals surface area contributed by atoms with Crippen LogP contribution in [0.3, 0.4) is 0 Å². The Labute approximate surface area is 76.5 Å². The molecule has 1 aliphatic rings. The zero-order valence-electron chi connectivity index (χ0n) is 7.40. The van der Waals surface area contributed by atoms with E-state index in [0.717, 1.165) is 12.8 Å². The molecular weight excluding hydrogens is 174 g/mol. The Balaban J connectivity index is 2.22. The average molecular weight is 189 g/mol. The van der Waals surface area contributed by atoms with E-state index >= 15 is 0 Å². The highest BCUT2D eigenvalue weighted by molar-refractivity contribution is 5.75. The monoisotopic (exact) mass is 189 g/mol. The van der Waals surface area contributed by atoms with Crippen LogP contribution >= 0.6 is 0 Å². The molecule has 0 aromatic heterocycles. The number of nitrogens with two attached hydrogens (primary N) is 1. The molecule has 5 nitrogen and oxygen atoms in total. The molecule has 0 unspecified atom stereocenters. The molecule has 0 aromatic carbocycles. The first-order valence-electron chi connectivity index (χ1n) is 4.27. The van der Waals surface area contributed by atoms with E-state index in [1.165, 1.54) is 0 Å². The maximum atomic E-state index is 11.0. The summed E-state index contributed by atoms with van der Waals surface area (Å²) in [6.45, 7) is -0.171. The first-order valence-corrected chi connectivity index (χ1v) is 4.27. The smallest absolute Gasteiger partial charge is 0.325 e. The third-order valence-electron chi connectivity index (χ3n) is 2.31. The van der Waals surface area contributed by atoms with Gasteiger partial charge < -0.3 is 20.7 Å². The molecule has 0 heterocycles. The summed E-state index contributed by atoms with van der Waals surface area (Å²) < 4.78 is 4.83. The molecule has 4 N–H and O–H groups in total. The summed E-state index contributed by atoms with van der Waals surface area (Å²) in [5.74, 6) is -0.609. The van der Waals surface area contributed by atoms with Crippen LogP contribution in [0.15, 0.2) is 0 Å². The van der Waals surface area contributed by atoms with E-state index in [1.807, 2.05) is 0 Å². The van der Waals surface area contributed by atoms with Gasteiger partial charge >= 0.3 is 5.97 Å². The largest absolute Gasteiger partial charge is 0.464 e. The molecule has 0 bridgehead atoms. The van der Waals surface area contributed by atoms with Gasteiger partial charge in [-0.3, -0.25) is 4.79 Å². The Hall–Kier alpha value is -0.650. The predicted molar refractivity (Wildman–Crippen MR) is 44.8 cm³/mol. The molecular formula is C8H15NO4. The molecule has 0 radical (unpaired) electrons. The van der Waals surface area contributed by atoms with E-state index in [2.05, 4.69) is 0 Å². The van der Waals surface area contributed by atoms with Crippen molar-refractivity contribution in [3.05, 3.63) is 0 Å². The van der Waals surface area contributed by atoms with E-state index in [0.29, 0.717) is 0 Å². The Morgan fingerprint density at radius 3 is 2.54 bits per heavy atom. The zero-order chi connectivity index (χ0) is 9.90. The molecule has 0 amide bonds. The second kappa shape index (κ2) is 4.04. The summed E-state index contributed by atoms with van der Waals surface area (Å²) >= 11 is 0. The fraction of sp³-hybridized carbons (Fsp3) is 0.875. The van der Waals surface area contributed by atoms with Crippen molar-refractivity contribution in [1.29, 1.82) is 0 Å². The number of aliphatic hydroxyl groups excluding tert-OH is 2. The van der Waals surface area contributed by atoms with Crippen LogP contribution in [0.2, 0.25) is 0 Å². The SMILES string of the molecule is N[C@H](CO)C(=O)OCC1(CO)CC1. The number of rotatable bonds is 5. The Bertz CT molecular complexity index is 191. The van der Waals surface area contributed by atoms with E-state index in [4.69, 9.17) is 20.7 Å². The van der Waals surface area contributed by atoms with Gasteiger partial charge in [0.2, 0.25) is 0 Å². The summed E-state index contributed by atoms with van der Waals surface area (Å²) in [6, 6.07) is -0.963. The van der Waals surface area contributed by atoms with E-state index in [1.54, 1.807) is 0 Å². The Morgan fingerprint density at radius 2 is 2.15 bits per heavy atom. The highest BCUT2D eigenvalue weighted by atomic mass is 16.5. The van der Waals surface area contributed by atoms with Crippen LogP contribution in [0, 0.1) is 5.41 Å². The second-order valence-corrected chi connectivity index (χ2v) is 3.55. The molecule has 1 rings (SSSR count). The summed E-state index contributed by atoms with van der Waals surface area (Å²) in [5, 5.41) is 17.4. The van der Waals surface area contributed by atoms with Gasteiger partial charge in [-0.05, 0) is 12.8 Å². The minimum atomic E-state index is -0.963. The molecule has 0 spiro atoms. The lowest BCUT2D eigenvalue weighted by molar-refractivity contribution is -0.148. The van der Waals surface area contributed by atoms with Crippen LogP contribution in [-0.4, -0.2) is 42.0 Å². The van der Waals surface area contributed by atoms with Crippen LogP contribution < -0.4 is 5.73 Å². The number of carbonyl (C=O) groups excluding carboxylic acids is 1. The third kappa shape index (κ3) is 2.65. The lowest BCUT2D eigenvalue weighted by Gasteiger charge is -2.13. The van der Waals surface area contributed by atoms with Crippen molar-refractivity contribution >= 4 is 5.97 Å². The van der Waals surface area contributed by atoms with Crippen molar-refractivity contribution in [1.82, 2.24) is 0 Å². The van der Waals surface area contributed by atoms with Gasteiger partial charge in [-0.15, -0.1) is 0 Å².